The molecule has 0 saturated carbocycles. The third-order valence-corrected chi connectivity index (χ3v) is 5.42. The van der Waals surface area contributed by atoms with E-state index in [0.717, 1.165) is 44.1 Å². The Hall–Kier alpha value is -1.13. The Kier molecular flexibility index (Phi) is 3.94. The predicted molar refractivity (Wildman–Crippen MR) is 80.6 cm³/mol. The lowest BCUT2D eigenvalue weighted by atomic mass is 9.83. The minimum absolute atomic E-state index is 0.0779. The normalized spacial score (nSPS) is 28.9. The maximum Gasteiger partial charge on any atom is 0.223 e. The molecule has 3 nitrogen and oxygen atoms in total. The van der Waals surface area contributed by atoms with Gasteiger partial charge in [-0.15, -0.1) is 11.3 Å². The second-order valence-electron chi connectivity index (χ2n) is 5.84. The van der Waals surface area contributed by atoms with E-state index in [2.05, 4.69) is 17.5 Å². The molecular weight excluding hydrogens is 270 g/mol. The molecule has 2 aliphatic carbocycles. The highest BCUT2D eigenvalue weighted by Crippen LogP contribution is 2.37. The molecule has 2 atom stereocenters. The molecule has 0 aromatic carbocycles. The minimum Gasteiger partial charge on any atom is -0.383 e. The van der Waals surface area contributed by atoms with Crippen LogP contribution in [0.25, 0.3) is 0 Å². The fourth-order valence-electron chi connectivity index (χ4n) is 3.22. The molecule has 1 amide bonds. The molecule has 2 unspecified atom stereocenters. The first kappa shape index (κ1) is 13.8. The van der Waals surface area contributed by atoms with E-state index in [0.29, 0.717) is 6.54 Å². The number of allylic oxidation sites excluding steroid dienone is 2. The van der Waals surface area contributed by atoms with Crippen molar-refractivity contribution in [3.63, 3.8) is 0 Å². The number of hydrogen-bond donors (Lipinski definition) is 2. The van der Waals surface area contributed by atoms with Crippen LogP contribution >= 0.6 is 11.3 Å². The maximum atomic E-state index is 12.2. The van der Waals surface area contributed by atoms with Crippen LogP contribution in [-0.2, 0) is 16.8 Å². The average molecular weight is 291 g/mol. The number of fused-ring (bicyclic) bond motifs is 1. The summed E-state index contributed by atoms with van der Waals surface area (Å²) in [5.74, 6) is 0.166. The molecule has 20 heavy (non-hydrogen) atoms. The smallest absolute Gasteiger partial charge is 0.223 e. The minimum atomic E-state index is -0.867. The van der Waals surface area contributed by atoms with Gasteiger partial charge >= 0.3 is 0 Å². The summed E-state index contributed by atoms with van der Waals surface area (Å²) in [6.07, 6.45) is 9.73. The van der Waals surface area contributed by atoms with E-state index in [1.54, 1.807) is 11.3 Å². The Balaban J connectivity index is 1.64. The number of thiophene rings is 1. The molecule has 4 heteroatoms. The summed E-state index contributed by atoms with van der Waals surface area (Å²) >= 11 is 1.71. The van der Waals surface area contributed by atoms with Gasteiger partial charge < -0.3 is 10.4 Å². The topological polar surface area (TPSA) is 49.3 Å². The van der Waals surface area contributed by atoms with Crippen molar-refractivity contribution in [1.82, 2.24) is 5.32 Å². The van der Waals surface area contributed by atoms with Crippen LogP contribution in [0.2, 0.25) is 0 Å². The Bertz CT molecular complexity index is 522. The number of carbonyl (C=O) groups excluding carboxylic acids is 1. The van der Waals surface area contributed by atoms with E-state index in [9.17, 15) is 9.90 Å². The number of aryl methyl sites for hydroxylation is 1. The third kappa shape index (κ3) is 2.67. The molecule has 1 heterocycles. The zero-order valence-corrected chi connectivity index (χ0v) is 12.4. The number of carbonyl (C=O) groups is 1. The van der Waals surface area contributed by atoms with Gasteiger partial charge in [0.2, 0.25) is 5.91 Å². The van der Waals surface area contributed by atoms with Gasteiger partial charge in [-0.05, 0) is 55.5 Å². The molecule has 0 saturated heterocycles. The van der Waals surface area contributed by atoms with Crippen molar-refractivity contribution in [2.75, 3.05) is 6.54 Å². The monoisotopic (exact) mass is 291 g/mol. The lowest BCUT2D eigenvalue weighted by Crippen LogP contribution is -2.44. The first-order chi connectivity index (χ1) is 9.69. The van der Waals surface area contributed by atoms with Crippen molar-refractivity contribution in [2.45, 2.75) is 44.1 Å². The van der Waals surface area contributed by atoms with Crippen molar-refractivity contribution in [1.29, 1.82) is 0 Å². The van der Waals surface area contributed by atoms with Crippen molar-refractivity contribution < 1.29 is 9.90 Å². The molecule has 1 aromatic rings. The van der Waals surface area contributed by atoms with Crippen LogP contribution in [0.4, 0.5) is 0 Å². The highest BCUT2D eigenvalue weighted by Gasteiger charge is 2.35. The molecule has 2 N–H and O–H groups in total. The van der Waals surface area contributed by atoms with Gasteiger partial charge in [0.15, 0.2) is 0 Å². The SMILES string of the molecule is O=C(NCC1(O)CCCc2sccc21)C1CC=CCC1. The summed E-state index contributed by atoms with van der Waals surface area (Å²) in [7, 11) is 0. The van der Waals surface area contributed by atoms with Crippen molar-refractivity contribution >= 4 is 17.2 Å². The van der Waals surface area contributed by atoms with Crippen LogP contribution in [0.3, 0.4) is 0 Å². The standard InChI is InChI=1S/C16H21NO2S/c18-15(12-5-2-1-3-6-12)17-11-16(19)9-4-7-14-13(16)8-10-20-14/h1-2,8,10,12,19H,3-7,9,11H2,(H,17,18). The molecular formula is C16H21NO2S. The molecule has 0 bridgehead atoms. The van der Waals surface area contributed by atoms with E-state index in [1.807, 2.05) is 11.4 Å². The molecule has 108 valence electrons. The highest BCUT2D eigenvalue weighted by atomic mass is 32.1. The van der Waals surface area contributed by atoms with E-state index >= 15 is 0 Å². The summed E-state index contributed by atoms with van der Waals surface area (Å²) < 4.78 is 0. The number of hydrogen-bond acceptors (Lipinski definition) is 3. The van der Waals surface area contributed by atoms with E-state index < -0.39 is 5.60 Å². The largest absolute Gasteiger partial charge is 0.383 e. The van der Waals surface area contributed by atoms with Crippen LogP contribution in [-0.4, -0.2) is 17.6 Å². The zero-order valence-electron chi connectivity index (χ0n) is 11.6. The number of rotatable bonds is 3. The first-order valence-electron chi connectivity index (χ1n) is 7.41. The van der Waals surface area contributed by atoms with Gasteiger partial charge in [-0.3, -0.25) is 4.79 Å². The molecule has 3 rings (SSSR count). The molecule has 0 spiro atoms. The first-order valence-corrected chi connectivity index (χ1v) is 8.29. The summed E-state index contributed by atoms with van der Waals surface area (Å²) in [5, 5.41) is 15.8. The van der Waals surface area contributed by atoms with Gasteiger partial charge in [-0.1, -0.05) is 12.2 Å². The van der Waals surface area contributed by atoms with Gasteiger partial charge in [-0.2, -0.15) is 0 Å². The van der Waals surface area contributed by atoms with Gasteiger partial charge in [-0.25, -0.2) is 0 Å². The van der Waals surface area contributed by atoms with E-state index in [4.69, 9.17) is 0 Å². The van der Waals surface area contributed by atoms with Crippen LogP contribution < -0.4 is 5.32 Å². The summed E-state index contributed by atoms with van der Waals surface area (Å²) in [5.41, 5.74) is 0.158. The molecule has 2 aliphatic rings. The Morgan fingerprint density at radius 3 is 3.20 bits per heavy atom. The lowest BCUT2D eigenvalue weighted by molar-refractivity contribution is -0.126. The van der Waals surface area contributed by atoms with Crippen molar-refractivity contribution in [3.05, 3.63) is 34.0 Å². The van der Waals surface area contributed by atoms with Gasteiger partial charge in [0.05, 0.1) is 6.54 Å². The Morgan fingerprint density at radius 1 is 1.50 bits per heavy atom. The Labute approximate surface area is 123 Å². The van der Waals surface area contributed by atoms with Crippen LogP contribution in [0, 0.1) is 5.92 Å². The van der Waals surface area contributed by atoms with Crippen LogP contribution in [0.1, 0.15) is 42.5 Å². The van der Waals surface area contributed by atoms with E-state index in [-0.39, 0.29) is 11.8 Å². The molecule has 0 aliphatic heterocycles. The van der Waals surface area contributed by atoms with E-state index in [1.165, 1.54) is 4.88 Å². The second kappa shape index (κ2) is 5.70. The molecule has 0 radical (unpaired) electrons. The van der Waals surface area contributed by atoms with Crippen LogP contribution in [0.15, 0.2) is 23.6 Å². The number of amides is 1. The quantitative estimate of drug-likeness (QED) is 0.841. The maximum absolute atomic E-state index is 12.2. The fourth-order valence-corrected chi connectivity index (χ4v) is 4.23. The number of aliphatic hydroxyl groups is 1. The van der Waals surface area contributed by atoms with Gasteiger partial charge in [0.1, 0.15) is 5.60 Å². The third-order valence-electron chi connectivity index (χ3n) is 4.44. The molecule has 0 fully saturated rings. The van der Waals surface area contributed by atoms with Gasteiger partial charge in [0.25, 0.3) is 0 Å². The second-order valence-corrected chi connectivity index (χ2v) is 6.84. The number of nitrogens with one attached hydrogen (secondary N) is 1. The van der Waals surface area contributed by atoms with Crippen molar-refractivity contribution in [2.24, 2.45) is 5.92 Å². The Morgan fingerprint density at radius 2 is 2.40 bits per heavy atom. The summed E-state index contributed by atoms with van der Waals surface area (Å²) in [4.78, 5) is 13.5. The lowest BCUT2D eigenvalue weighted by Gasteiger charge is -2.33. The van der Waals surface area contributed by atoms with Crippen molar-refractivity contribution in [3.8, 4) is 0 Å². The summed E-state index contributed by atoms with van der Waals surface area (Å²) in [6, 6.07) is 2.01. The van der Waals surface area contributed by atoms with Gasteiger partial charge in [0, 0.05) is 10.8 Å². The molecule has 1 aromatic heterocycles. The predicted octanol–water partition coefficient (Wildman–Crippen LogP) is 2.74. The fraction of sp³-hybridized carbons (Fsp3) is 0.562. The van der Waals surface area contributed by atoms with Crippen LogP contribution in [0.5, 0.6) is 0 Å². The highest BCUT2D eigenvalue weighted by molar-refractivity contribution is 7.10. The average Bonchev–Trinajstić information content (AvgIpc) is 2.96. The summed E-state index contributed by atoms with van der Waals surface area (Å²) in [6.45, 7) is 0.343. The zero-order chi connectivity index (χ0) is 14.0.